The van der Waals surface area contributed by atoms with E-state index in [2.05, 4.69) is 29.8 Å². The van der Waals surface area contributed by atoms with Crippen LogP contribution in [0.1, 0.15) is 11.5 Å². The number of carbonyl (C=O) groups is 3. The molecule has 0 radical (unpaired) electrons. The third-order valence-corrected chi connectivity index (χ3v) is 6.99. The summed E-state index contributed by atoms with van der Waals surface area (Å²) in [6, 6.07) is -0.241. The summed E-state index contributed by atoms with van der Waals surface area (Å²) in [6.45, 7) is -1.75. The molecule has 2 aliphatic rings. The molecule has 0 unspecified atom stereocenters. The van der Waals surface area contributed by atoms with Crippen LogP contribution in [0.15, 0.2) is 38.6 Å². The summed E-state index contributed by atoms with van der Waals surface area (Å²) in [6.07, 6.45) is 1.83. The molecule has 6 N–H and O–H groups in total. The summed E-state index contributed by atoms with van der Waals surface area (Å²) in [5.74, 6) is -4.05. The Bertz CT molecular complexity index is 1470. The van der Waals surface area contributed by atoms with Crippen LogP contribution in [-0.4, -0.2) is 88.1 Å². The zero-order valence-corrected chi connectivity index (χ0v) is 20.9. The van der Waals surface area contributed by atoms with Gasteiger partial charge in [0.15, 0.2) is 17.5 Å². The molecule has 2 aromatic rings. The Hall–Kier alpha value is -4.72. The largest absolute Gasteiger partial charge is 0.503 e. The van der Waals surface area contributed by atoms with Gasteiger partial charge in [0.25, 0.3) is 18.7 Å². The number of nitrogen functional groups attached to an aromatic ring is 1. The van der Waals surface area contributed by atoms with E-state index < -0.39 is 65.3 Å². The molecule has 0 spiro atoms. The lowest BCUT2D eigenvalue weighted by Gasteiger charge is -2.49. The van der Waals surface area contributed by atoms with Crippen molar-refractivity contribution in [1.29, 1.82) is 0 Å². The number of halogens is 1. The zero-order chi connectivity index (χ0) is 28.3. The number of amides is 2. The minimum Gasteiger partial charge on any atom is -0.503 e. The van der Waals surface area contributed by atoms with Gasteiger partial charge in [-0.3, -0.25) is 19.3 Å². The number of hydrogen-bond donors (Lipinski definition) is 5. The minimum atomic E-state index is -1.44. The lowest BCUT2D eigenvalue weighted by atomic mass is 10.0. The second-order valence-corrected chi connectivity index (χ2v) is 9.43. The predicted octanol–water partition coefficient (Wildman–Crippen LogP) is -1.19. The average molecular weight is 585 g/mol. The standard InChI is InChI=1S/C19H17FN8O9S2/c20-6-37-25-11(14-24-19(21)39-26-14)15(31)23-12-16(32)28-13(18(33)34)7(5-38-17(12)28)2-22-36-4-8-1-9(29)10(30)3-27(8)35/h1-3,12,17,30,35H,4-6H2,(H,23,31)(H,33,34)(H2,21,24,26)/b22-2+,25-11-/t12-,17-/m1/s1. The number of pyridine rings is 1. The number of aromatic nitrogens is 3. The highest BCUT2D eigenvalue weighted by Gasteiger charge is 2.54. The van der Waals surface area contributed by atoms with Gasteiger partial charge >= 0.3 is 5.97 Å². The molecule has 0 aromatic carbocycles. The van der Waals surface area contributed by atoms with Gasteiger partial charge in [-0.15, -0.1) is 11.8 Å². The second kappa shape index (κ2) is 11.3. The molecule has 4 heterocycles. The smallest absolute Gasteiger partial charge is 0.353 e. The molecule has 0 aliphatic carbocycles. The van der Waals surface area contributed by atoms with E-state index in [0.29, 0.717) is 4.73 Å². The summed E-state index contributed by atoms with van der Waals surface area (Å²) in [7, 11) is 0. The van der Waals surface area contributed by atoms with Crippen LogP contribution in [0.2, 0.25) is 0 Å². The fourth-order valence-electron chi connectivity index (χ4n) is 3.42. The number of thioether (sulfide) groups is 1. The summed E-state index contributed by atoms with van der Waals surface area (Å²) >= 11 is 1.86. The zero-order valence-electron chi connectivity index (χ0n) is 19.3. The first-order valence-corrected chi connectivity index (χ1v) is 12.3. The molecule has 0 bridgehead atoms. The van der Waals surface area contributed by atoms with Gasteiger partial charge < -0.3 is 36.1 Å². The van der Waals surface area contributed by atoms with E-state index in [-0.39, 0.29) is 28.0 Å². The summed E-state index contributed by atoms with van der Waals surface area (Å²) in [4.78, 5) is 63.1. The Balaban J connectivity index is 1.46. The number of carboxylic acids is 1. The number of rotatable bonds is 10. The van der Waals surface area contributed by atoms with Crippen LogP contribution in [0.5, 0.6) is 5.75 Å². The number of carboxylic acid groups (broad SMARTS) is 1. The van der Waals surface area contributed by atoms with Gasteiger partial charge in [-0.25, -0.2) is 9.18 Å². The van der Waals surface area contributed by atoms with Crippen molar-refractivity contribution in [2.24, 2.45) is 10.3 Å². The van der Waals surface area contributed by atoms with Crippen LogP contribution in [-0.2, 0) is 30.7 Å². The molecule has 4 rings (SSSR count). The fraction of sp³-hybridized carbons (Fsp3) is 0.263. The van der Waals surface area contributed by atoms with Gasteiger partial charge in [-0.1, -0.05) is 10.3 Å². The Labute approximate surface area is 224 Å². The number of nitrogens with two attached hydrogens (primary N) is 1. The van der Waals surface area contributed by atoms with E-state index in [1.165, 1.54) is 0 Å². The number of nitrogens with one attached hydrogen (secondary N) is 1. The van der Waals surface area contributed by atoms with Crippen LogP contribution in [0, 0.1) is 0 Å². The van der Waals surface area contributed by atoms with Crippen molar-refractivity contribution in [2.45, 2.75) is 18.0 Å². The first-order chi connectivity index (χ1) is 18.6. The van der Waals surface area contributed by atoms with Gasteiger partial charge in [0.05, 0.1) is 12.4 Å². The normalized spacial score (nSPS) is 19.1. The highest BCUT2D eigenvalue weighted by molar-refractivity contribution is 8.00. The maximum atomic E-state index is 12.8. The molecule has 17 nitrogen and oxygen atoms in total. The molecule has 1 saturated heterocycles. The summed E-state index contributed by atoms with van der Waals surface area (Å²) < 4.78 is 16.7. The van der Waals surface area contributed by atoms with Gasteiger partial charge in [0, 0.05) is 28.9 Å². The third kappa shape index (κ3) is 5.60. The highest BCUT2D eigenvalue weighted by atomic mass is 32.2. The van der Waals surface area contributed by atoms with Crippen molar-refractivity contribution in [3.8, 4) is 5.75 Å². The van der Waals surface area contributed by atoms with Crippen LogP contribution >= 0.6 is 23.3 Å². The van der Waals surface area contributed by atoms with Crippen molar-refractivity contribution in [1.82, 2.24) is 24.3 Å². The van der Waals surface area contributed by atoms with Crippen molar-refractivity contribution in [2.75, 3.05) is 18.3 Å². The molecule has 39 heavy (non-hydrogen) atoms. The predicted molar refractivity (Wildman–Crippen MR) is 130 cm³/mol. The first kappa shape index (κ1) is 27.3. The monoisotopic (exact) mass is 584 g/mol. The number of nitrogens with zero attached hydrogens (tertiary/aromatic N) is 6. The summed E-state index contributed by atoms with van der Waals surface area (Å²) in [5.41, 5.74) is 3.88. The molecular formula is C19H17FN8O9S2. The summed E-state index contributed by atoms with van der Waals surface area (Å²) in [5, 5.41) is 37.3. The van der Waals surface area contributed by atoms with Crippen molar-refractivity contribution >= 4 is 58.1 Å². The molecule has 206 valence electrons. The number of aromatic hydroxyl groups is 1. The Morgan fingerprint density at radius 3 is 2.79 bits per heavy atom. The van der Waals surface area contributed by atoms with E-state index in [1.54, 1.807) is 0 Å². The molecule has 2 aromatic heterocycles. The topological polar surface area (TPSA) is 244 Å². The van der Waals surface area contributed by atoms with Crippen molar-refractivity contribution < 1.29 is 43.9 Å². The van der Waals surface area contributed by atoms with Crippen LogP contribution in [0.4, 0.5) is 9.52 Å². The van der Waals surface area contributed by atoms with Gasteiger partial charge in [-0.2, -0.15) is 14.1 Å². The number of aliphatic carboxylic acids is 1. The Morgan fingerprint density at radius 2 is 2.13 bits per heavy atom. The van der Waals surface area contributed by atoms with Crippen molar-refractivity contribution in [3.05, 3.63) is 45.3 Å². The number of β-lactam (4-membered cyclic amide) rings is 1. The SMILES string of the molecule is Nc1nc(/C(=N/OCF)C(=O)N[C@@H]2C(=O)N3C(C(=O)O)=C(/C=N/OCc4cc(=O)c(O)cn4O)CS[C@H]23)ns1. The molecule has 20 heteroatoms. The Morgan fingerprint density at radius 1 is 1.36 bits per heavy atom. The second-order valence-electron chi connectivity index (χ2n) is 7.54. The number of hydrogen-bond acceptors (Lipinski definition) is 15. The quantitative estimate of drug-likeness (QED) is 0.0956. The van der Waals surface area contributed by atoms with Gasteiger partial charge in [0.1, 0.15) is 22.8 Å². The first-order valence-electron chi connectivity index (χ1n) is 10.5. The number of alkyl halides is 1. The number of oxime groups is 2. The van der Waals surface area contributed by atoms with Crippen LogP contribution in [0.25, 0.3) is 0 Å². The molecular weight excluding hydrogens is 567 g/mol. The highest BCUT2D eigenvalue weighted by Crippen LogP contribution is 2.40. The lowest BCUT2D eigenvalue weighted by Crippen LogP contribution is -2.71. The minimum absolute atomic E-state index is 0.00247. The Kier molecular flexibility index (Phi) is 7.95. The van der Waals surface area contributed by atoms with E-state index in [4.69, 9.17) is 10.6 Å². The third-order valence-electron chi connectivity index (χ3n) is 5.14. The van der Waals surface area contributed by atoms with E-state index in [0.717, 1.165) is 46.7 Å². The lowest BCUT2D eigenvalue weighted by molar-refractivity contribution is -0.150. The number of anilines is 1. The molecule has 1 fully saturated rings. The molecule has 2 amide bonds. The maximum absolute atomic E-state index is 12.8. The van der Waals surface area contributed by atoms with Crippen molar-refractivity contribution in [3.63, 3.8) is 0 Å². The van der Waals surface area contributed by atoms with Crippen LogP contribution < -0.4 is 16.5 Å². The number of fused-ring (bicyclic) bond motifs is 1. The van der Waals surface area contributed by atoms with E-state index in [1.807, 2.05) is 0 Å². The number of carbonyl (C=O) groups excluding carboxylic acids is 2. The molecule has 2 atom stereocenters. The van der Waals surface area contributed by atoms with Gasteiger partial charge in [0.2, 0.25) is 17.0 Å². The molecule has 0 saturated carbocycles. The molecule has 2 aliphatic heterocycles. The van der Waals surface area contributed by atoms with E-state index >= 15 is 0 Å². The van der Waals surface area contributed by atoms with Crippen LogP contribution in [0.3, 0.4) is 0 Å². The average Bonchev–Trinajstić information content (AvgIpc) is 3.33. The maximum Gasteiger partial charge on any atom is 0.353 e. The fourth-order valence-corrected chi connectivity index (χ4v) is 5.15. The van der Waals surface area contributed by atoms with Gasteiger partial charge in [-0.05, 0) is 0 Å². The van der Waals surface area contributed by atoms with E-state index in [9.17, 15) is 39.0 Å².